The van der Waals surface area contributed by atoms with E-state index in [4.69, 9.17) is 33.9 Å². The fourth-order valence-electron chi connectivity index (χ4n) is 2.47. The first-order chi connectivity index (χ1) is 8.72. The summed E-state index contributed by atoms with van der Waals surface area (Å²) in [6, 6.07) is 0. The van der Waals surface area contributed by atoms with Gasteiger partial charge in [0.1, 0.15) is 24.4 Å². The van der Waals surface area contributed by atoms with Crippen LogP contribution in [0.2, 0.25) is 0 Å². The Morgan fingerprint density at radius 1 is 0.833 bits per heavy atom. The molecule has 0 aliphatic carbocycles. The topological polar surface area (TPSA) is 107 Å². The molecule has 8 heteroatoms. The molecule has 3 aliphatic heterocycles. The minimum Gasteiger partial charge on any atom is -0.391 e. The minimum atomic E-state index is -1.15. The van der Waals surface area contributed by atoms with Crippen molar-refractivity contribution in [2.45, 2.75) is 43.3 Å². The molecule has 18 heavy (non-hydrogen) atoms. The Morgan fingerprint density at radius 3 is 2.22 bits per heavy atom. The van der Waals surface area contributed by atoms with Crippen LogP contribution in [0.25, 0.3) is 0 Å². The molecule has 0 saturated carbocycles. The van der Waals surface area contributed by atoms with E-state index in [-0.39, 0.29) is 19.8 Å². The summed E-state index contributed by atoms with van der Waals surface area (Å²) in [6.45, 7) is -0.381. The molecule has 0 aromatic carbocycles. The Bertz CT molecular complexity index is 300. The summed E-state index contributed by atoms with van der Waals surface area (Å²) in [5, 5.41) is 27.8. The summed E-state index contributed by atoms with van der Waals surface area (Å²) in [5.41, 5.74) is 0. The Balaban J connectivity index is 1.75. The van der Waals surface area contributed by atoms with E-state index in [1.54, 1.807) is 0 Å². The zero-order chi connectivity index (χ0) is 12.7. The molecule has 104 valence electrons. The Morgan fingerprint density at radius 2 is 1.50 bits per heavy atom. The first-order valence-electron chi connectivity index (χ1n) is 5.86. The molecular formula is C10H16O8. The average molecular weight is 264 g/mol. The molecule has 7 atom stereocenters. The molecule has 0 aromatic rings. The zero-order valence-electron chi connectivity index (χ0n) is 9.55. The molecule has 8 nitrogen and oxygen atoms in total. The molecule has 0 bridgehead atoms. The normalized spacial score (nSPS) is 51.8. The number of aliphatic hydroxyl groups is 3. The van der Waals surface area contributed by atoms with Gasteiger partial charge in [0.05, 0.1) is 19.8 Å². The van der Waals surface area contributed by atoms with Crippen molar-refractivity contribution < 1.29 is 39.0 Å². The molecule has 3 N–H and O–H groups in total. The largest absolute Gasteiger partial charge is 0.391 e. The van der Waals surface area contributed by atoms with E-state index in [2.05, 4.69) is 0 Å². The van der Waals surface area contributed by atoms with Crippen molar-refractivity contribution in [3.63, 3.8) is 0 Å². The maximum Gasteiger partial charge on any atom is 0.184 e. The third kappa shape index (κ3) is 2.04. The van der Waals surface area contributed by atoms with Gasteiger partial charge in [-0.2, -0.15) is 0 Å². The lowest BCUT2D eigenvalue weighted by molar-refractivity contribution is -0.340. The van der Waals surface area contributed by atoms with Gasteiger partial charge in [-0.3, -0.25) is 0 Å². The van der Waals surface area contributed by atoms with Crippen LogP contribution in [0.4, 0.5) is 0 Å². The third-order valence-electron chi connectivity index (χ3n) is 3.28. The highest BCUT2D eigenvalue weighted by Crippen LogP contribution is 2.35. The number of fused-ring (bicyclic) bond motifs is 3. The number of rotatable bonds is 2. The van der Waals surface area contributed by atoms with Gasteiger partial charge in [-0.1, -0.05) is 0 Å². The van der Waals surface area contributed by atoms with E-state index in [1.807, 2.05) is 0 Å². The second-order valence-electron chi connectivity index (χ2n) is 4.42. The maximum atomic E-state index is 9.79. The molecule has 3 aliphatic rings. The van der Waals surface area contributed by atoms with Crippen molar-refractivity contribution in [3.8, 4) is 0 Å². The average Bonchev–Trinajstić information content (AvgIpc) is 2.83. The van der Waals surface area contributed by atoms with E-state index >= 15 is 0 Å². The van der Waals surface area contributed by atoms with Crippen molar-refractivity contribution in [1.29, 1.82) is 0 Å². The molecule has 0 radical (unpaired) electrons. The van der Waals surface area contributed by atoms with E-state index in [0.717, 1.165) is 0 Å². The van der Waals surface area contributed by atoms with Crippen LogP contribution in [0.5, 0.6) is 0 Å². The smallest absolute Gasteiger partial charge is 0.184 e. The SMILES string of the molecule is OCC1OCC2OC(O)C3OC(CO)OC3C2O1. The van der Waals surface area contributed by atoms with E-state index in [1.165, 1.54) is 0 Å². The molecule has 0 spiro atoms. The fourth-order valence-corrected chi connectivity index (χ4v) is 2.47. The van der Waals surface area contributed by atoms with Crippen LogP contribution in [0, 0.1) is 0 Å². The van der Waals surface area contributed by atoms with Gasteiger partial charge in [0, 0.05) is 0 Å². The Kier molecular flexibility index (Phi) is 3.52. The Hall–Kier alpha value is -0.320. The molecule has 3 fully saturated rings. The van der Waals surface area contributed by atoms with E-state index in [9.17, 15) is 5.11 Å². The van der Waals surface area contributed by atoms with Gasteiger partial charge >= 0.3 is 0 Å². The lowest BCUT2D eigenvalue weighted by atomic mass is 9.98. The molecule has 0 amide bonds. The van der Waals surface area contributed by atoms with Crippen LogP contribution in [0.3, 0.4) is 0 Å². The van der Waals surface area contributed by atoms with Gasteiger partial charge in [-0.25, -0.2) is 0 Å². The number of hydrogen-bond acceptors (Lipinski definition) is 8. The predicted octanol–water partition coefficient (Wildman–Crippen LogP) is -2.46. The highest BCUT2D eigenvalue weighted by atomic mass is 16.8. The lowest BCUT2D eigenvalue weighted by Gasteiger charge is -2.44. The van der Waals surface area contributed by atoms with Crippen molar-refractivity contribution >= 4 is 0 Å². The number of hydrogen-bond donors (Lipinski definition) is 3. The van der Waals surface area contributed by atoms with Crippen LogP contribution in [0.15, 0.2) is 0 Å². The first-order valence-corrected chi connectivity index (χ1v) is 5.86. The summed E-state index contributed by atoms with van der Waals surface area (Å²) >= 11 is 0. The van der Waals surface area contributed by atoms with Crippen LogP contribution >= 0.6 is 0 Å². The summed E-state index contributed by atoms with van der Waals surface area (Å²) in [6.07, 6.45) is -4.91. The van der Waals surface area contributed by atoms with Gasteiger partial charge in [0.2, 0.25) is 0 Å². The molecule has 3 saturated heterocycles. The second-order valence-corrected chi connectivity index (χ2v) is 4.42. The van der Waals surface area contributed by atoms with Crippen molar-refractivity contribution in [2.24, 2.45) is 0 Å². The lowest BCUT2D eigenvalue weighted by Crippen LogP contribution is -2.62. The summed E-state index contributed by atoms with van der Waals surface area (Å²) in [7, 11) is 0. The molecule has 0 aromatic heterocycles. The van der Waals surface area contributed by atoms with Crippen LogP contribution in [-0.2, 0) is 23.7 Å². The predicted molar refractivity (Wildman–Crippen MR) is 53.2 cm³/mol. The summed E-state index contributed by atoms with van der Waals surface area (Å²) in [5.74, 6) is 0. The monoisotopic (exact) mass is 264 g/mol. The van der Waals surface area contributed by atoms with E-state index in [0.29, 0.717) is 0 Å². The third-order valence-corrected chi connectivity index (χ3v) is 3.28. The van der Waals surface area contributed by atoms with Crippen LogP contribution in [-0.4, -0.2) is 78.4 Å². The number of ether oxygens (including phenoxy) is 5. The van der Waals surface area contributed by atoms with Crippen LogP contribution < -0.4 is 0 Å². The standard InChI is InChI=1S/C10H16O8/c11-1-5-14-3-4-7(16-5)8-9(10(13)15-4)18-6(2-12)17-8/h4-13H,1-3H2. The highest BCUT2D eigenvalue weighted by molar-refractivity contribution is 4.96. The van der Waals surface area contributed by atoms with Crippen LogP contribution in [0.1, 0.15) is 0 Å². The first kappa shape index (κ1) is 12.7. The number of aliphatic hydroxyl groups excluding tert-OH is 3. The summed E-state index contributed by atoms with van der Waals surface area (Å²) < 4.78 is 26.8. The fraction of sp³-hybridized carbons (Fsp3) is 1.00. The van der Waals surface area contributed by atoms with Gasteiger partial charge in [-0.05, 0) is 0 Å². The molecule has 3 rings (SSSR count). The highest BCUT2D eigenvalue weighted by Gasteiger charge is 2.55. The molecule has 7 unspecified atom stereocenters. The minimum absolute atomic E-state index is 0.198. The quantitative estimate of drug-likeness (QED) is 0.504. The summed E-state index contributed by atoms with van der Waals surface area (Å²) in [4.78, 5) is 0. The molecule has 3 heterocycles. The van der Waals surface area contributed by atoms with Gasteiger partial charge in [0.25, 0.3) is 0 Å². The van der Waals surface area contributed by atoms with Gasteiger partial charge in [0.15, 0.2) is 18.9 Å². The molecular weight excluding hydrogens is 248 g/mol. The van der Waals surface area contributed by atoms with Crippen molar-refractivity contribution in [2.75, 3.05) is 19.8 Å². The second kappa shape index (κ2) is 4.99. The van der Waals surface area contributed by atoms with Gasteiger partial charge in [-0.15, -0.1) is 0 Å². The van der Waals surface area contributed by atoms with Crippen molar-refractivity contribution in [1.82, 2.24) is 0 Å². The maximum absolute atomic E-state index is 9.79. The van der Waals surface area contributed by atoms with E-state index < -0.39 is 43.3 Å². The van der Waals surface area contributed by atoms with Gasteiger partial charge < -0.3 is 39.0 Å². The Labute approximate surface area is 103 Å². The zero-order valence-corrected chi connectivity index (χ0v) is 9.55. The van der Waals surface area contributed by atoms with Crippen molar-refractivity contribution in [3.05, 3.63) is 0 Å².